The van der Waals surface area contributed by atoms with E-state index >= 15 is 0 Å². The van der Waals surface area contributed by atoms with Crippen LogP contribution in [0.2, 0.25) is 0 Å². The highest BCUT2D eigenvalue weighted by molar-refractivity contribution is 5.79. The molecule has 0 aromatic heterocycles. The molecule has 0 saturated heterocycles. The van der Waals surface area contributed by atoms with Gasteiger partial charge in [0.1, 0.15) is 0 Å². The van der Waals surface area contributed by atoms with Crippen LogP contribution in [0.5, 0.6) is 0 Å². The molecule has 1 aromatic rings. The molecule has 2 heteroatoms. The third kappa shape index (κ3) is 2.44. The molecule has 0 saturated carbocycles. The fourth-order valence-corrected chi connectivity index (χ4v) is 3.30. The molecule has 0 aliphatic heterocycles. The minimum absolute atomic E-state index is 0.207. The fourth-order valence-electron chi connectivity index (χ4n) is 3.30. The van der Waals surface area contributed by atoms with Gasteiger partial charge in [0.25, 0.3) is 0 Å². The lowest BCUT2D eigenvalue weighted by Gasteiger charge is -2.29. The molecule has 0 spiro atoms. The van der Waals surface area contributed by atoms with Crippen molar-refractivity contribution in [2.45, 2.75) is 38.1 Å². The fraction of sp³-hybridized carbons (Fsp3) is 0.471. The molecule has 0 N–H and O–H groups in total. The van der Waals surface area contributed by atoms with Gasteiger partial charge in [-0.25, -0.2) is 0 Å². The van der Waals surface area contributed by atoms with Crippen molar-refractivity contribution in [3.63, 3.8) is 0 Å². The number of hydrogen-bond acceptors (Lipinski definition) is 1. The van der Waals surface area contributed by atoms with Crippen LogP contribution in [0.15, 0.2) is 36.4 Å². The summed E-state index contributed by atoms with van der Waals surface area (Å²) in [7, 11) is 1.98. The highest BCUT2D eigenvalue weighted by atomic mass is 16.2. The van der Waals surface area contributed by atoms with Gasteiger partial charge in [0.2, 0.25) is 5.91 Å². The maximum atomic E-state index is 12.5. The van der Waals surface area contributed by atoms with E-state index in [1.807, 2.05) is 11.9 Å². The highest BCUT2D eigenvalue weighted by Gasteiger charge is 2.30. The number of allylic oxidation sites excluding steroid dienone is 2. The summed E-state index contributed by atoms with van der Waals surface area (Å²) in [6.45, 7) is 0. The lowest BCUT2D eigenvalue weighted by atomic mass is 9.92. The molecule has 1 amide bonds. The smallest absolute Gasteiger partial charge is 0.226 e. The van der Waals surface area contributed by atoms with Gasteiger partial charge in [-0.05, 0) is 43.2 Å². The molecule has 1 atom stereocenters. The van der Waals surface area contributed by atoms with E-state index in [4.69, 9.17) is 0 Å². The van der Waals surface area contributed by atoms with Crippen molar-refractivity contribution < 1.29 is 4.79 Å². The molecule has 1 aromatic carbocycles. The maximum absolute atomic E-state index is 12.5. The van der Waals surface area contributed by atoms with Crippen LogP contribution in [-0.2, 0) is 17.6 Å². The molecule has 0 heterocycles. The first kappa shape index (κ1) is 12.5. The quantitative estimate of drug-likeness (QED) is 0.744. The lowest BCUT2D eigenvalue weighted by molar-refractivity contribution is -0.136. The van der Waals surface area contributed by atoms with Crippen molar-refractivity contribution in [2.24, 2.45) is 5.92 Å². The van der Waals surface area contributed by atoms with Crippen molar-refractivity contribution in [1.82, 2.24) is 4.90 Å². The largest absolute Gasteiger partial charge is 0.342 e. The minimum Gasteiger partial charge on any atom is -0.342 e. The molecule has 19 heavy (non-hydrogen) atoms. The second-order valence-electron chi connectivity index (χ2n) is 5.76. The monoisotopic (exact) mass is 255 g/mol. The van der Waals surface area contributed by atoms with Crippen LogP contribution < -0.4 is 0 Å². The molecule has 100 valence electrons. The number of nitrogens with zero attached hydrogens (tertiary/aromatic N) is 1. The van der Waals surface area contributed by atoms with Crippen molar-refractivity contribution in [2.75, 3.05) is 7.05 Å². The van der Waals surface area contributed by atoms with Gasteiger partial charge < -0.3 is 4.90 Å². The van der Waals surface area contributed by atoms with E-state index in [0.29, 0.717) is 11.9 Å². The van der Waals surface area contributed by atoms with E-state index in [2.05, 4.69) is 36.4 Å². The molecule has 2 nitrogen and oxygen atoms in total. The Labute approximate surface area is 115 Å². The second kappa shape index (κ2) is 5.20. The first-order chi connectivity index (χ1) is 9.25. The van der Waals surface area contributed by atoms with E-state index in [1.165, 1.54) is 11.1 Å². The predicted molar refractivity (Wildman–Crippen MR) is 76.9 cm³/mol. The van der Waals surface area contributed by atoms with Crippen molar-refractivity contribution in [1.29, 1.82) is 0 Å². The molecule has 2 aliphatic rings. The summed E-state index contributed by atoms with van der Waals surface area (Å²) in [4.78, 5) is 14.5. The van der Waals surface area contributed by atoms with E-state index in [-0.39, 0.29) is 5.92 Å². The van der Waals surface area contributed by atoms with E-state index in [0.717, 1.165) is 32.1 Å². The summed E-state index contributed by atoms with van der Waals surface area (Å²) in [5.74, 6) is 0.542. The molecular weight excluding hydrogens is 234 g/mol. The standard InChI is InChI=1S/C17H21NO/c1-18(17(19)13-7-3-2-4-8-13)16-11-14-9-5-6-10-15(14)12-16/h2-3,5-6,9-10,13,16H,4,7-8,11-12H2,1H3/t13-/m0/s1. The van der Waals surface area contributed by atoms with E-state index in [1.54, 1.807) is 0 Å². The lowest BCUT2D eigenvalue weighted by Crippen LogP contribution is -2.41. The molecular formula is C17H21NO. The molecule has 0 fully saturated rings. The molecule has 0 unspecified atom stereocenters. The summed E-state index contributed by atoms with van der Waals surface area (Å²) >= 11 is 0. The van der Waals surface area contributed by atoms with Crippen LogP contribution in [0.4, 0.5) is 0 Å². The summed E-state index contributed by atoms with van der Waals surface area (Å²) in [5, 5.41) is 0. The second-order valence-corrected chi connectivity index (χ2v) is 5.76. The van der Waals surface area contributed by atoms with Crippen LogP contribution in [0.1, 0.15) is 30.4 Å². The number of fused-ring (bicyclic) bond motifs is 1. The van der Waals surface area contributed by atoms with Gasteiger partial charge in [-0.2, -0.15) is 0 Å². The highest BCUT2D eigenvalue weighted by Crippen LogP contribution is 2.27. The van der Waals surface area contributed by atoms with Crippen LogP contribution in [0, 0.1) is 5.92 Å². The summed E-state index contributed by atoms with van der Waals surface area (Å²) in [5.41, 5.74) is 2.83. The van der Waals surface area contributed by atoms with Gasteiger partial charge in [-0.15, -0.1) is 0 Å². The Morgan fingerprint density at radius 2 is 1.84 bits per heavy atom. The Morgan fingerprint density at radius 3 is 2.42 bits per heavy atom. The molecule has 0 radical (unpaired) electrons. The first-order valence-corrected chi connectivity index (χ1v) is 7.24. The Kier molecular flexibility index (Phi) is 3.41. The zero-order valence-electron chi connectivity index (χ0n) is 11.5. The SMILES string of the molecule is CN(C(=O)[C@H]1CC=CCC1)C1Cc2ccccc2C1. The summed E-state index contributed by atoms with van der Waals surface area (Å²) < 4.78 is 0. The van der Waals surface area contributed by atoms with Gasteiger partial charge >= 0.3 is 0 Å². The van der Waals surface area contributed by atoms with Gasteiger partial charge in [0, 0.05) is 19.0 Å². The number of rotatable bonds is 2. The van der Waals surface area contributed by atoms with Gasteiger partial charge in [0.15, 0.2) is 0 Å². The first-order valence-electron chi connectivity index (χ1n) is 7.24. The van der Waals surface area contributed by atoms with Crippen molar-refractivity contribution in [3.05, 3.63) is 47.5 Å². The predicted octanol–water partition coefficient (Wildman–Crippen LogP) is 2.97. The number of hydrogen-bond donors (Lipinski definition) is 0. The van der Waals surface area contributed by atoms with Gasteiger partial charge in [-0.1, -0.05) is 36.4 Å². The molecule has 2 aliphatic carbocycles. The summed E-state index contributed by atoms with van der Waals surface area (Å²) in [6, 6.07) is 8.92. The van der Waals surface area contributed by atoms with Gasteiger partial charge in [-0.3, -0.25) is 4.79 Å². The van der Waals surface area contributed by atoms with Gasteiger partial charge in [0.05, 0.1) is 0 Å². The number of carbonyl (C=O) groups excluding carboxylic acids is 1. The number of amides is 1. The maximum Gasteiger partial charge on any atom is 0.226 e. The zero-order chi connectivity index (χ0) is 13.2. The third-order valence-corrected chi connectivity index (χ3v) is 4.54. The Hall–Kier alpha value is -1.57. The number of benzene rings is 1. The van der Waals surface area contributed by atoms with Crippen molar-refractivity contribution >= 4 is 5.91 Å². The van der Waals surface area contributed by atoms with E-state index in [9.17, 15) is 4.79 Å². The number of likely N-dealkylation sites (N-methyl/N-ethyl adjacent to an activating group) is 1. The van der Waals surface area contributed by atoms with Crippen LogP contribution in [-0.4, -0.2) is 23.9 Å². The van der Waals surface area contributed by atoms with Crippen LogP contribution >= 0.6 is 0 Å². The molecule has 0 bridgehead atoms. The Morgan fingerprint density at radius 1 is 1.16 bits per heavy atom. The molecule has 3 rings (SSSR count). The zero-order valence-corrected chi connectivity index (χ0v) is 11.5. The Bertz CT molecular complexity index is 481. The number of carbonyl (C=O) groups is 1. The third-order valence-electron chi connectivity index (χ3n) is 4.54. The van der Waals surface area contributed by atoms with Crippen LogP contribution in [0.25, 0.3) is 0 Å². The Balaban J connectivity index is 1.67. The summed E-state index contributed by atoms with van der Waals surface area (Å²) in [6.07, 6.45) is 9.36. The van der Waals surface area contributed by atoms with Crippen molar-refractivity contribution in [3.8, 4) is 0 Å². The average molecular weight is 255 g/mol. The normalized spacial score (nSPS) is 22.3. The van der Waals surface area contributed by atoms with E-state index < -0.39 is 0 Å². The average Bonchev–Trinajstić information content (AvgIpc) is 2.90. The minimum atomic E-state index is 0.207. The topological polar surface area (TPSA) is 20.3 Å². The van der Waals surface area contributed by atoms with Crippen LogP contribution in [0.3, 0.4) is 0 Å².